The second kappa shape index (κ2) is 5.32. The van der Waals surface area contributed by atoms with E-state index in [1.165, 1.54) is 0 Å². The zero-order valence-electron chi connectivity index (χ0n) is 6.69. The maximum Gasteiger partial charge on any atom is 0.113 e. The fraction of sp³-hybridized carbons (Fsp3) is 1.00. The highest BCUT2D eigenvalue weighted by Gasteiger charge is 2.10. The molecule has 0 aromatic carbocycles. The molecule has 2 N–H and O–H groups in total. The van der Waals surface area contributed by atoms with Crippen molar-refractivity contribution in [1.29, 1.82) is 0 Å². The minimum absolute atomic E-state index is 0.0215. The van der Waals surface area contributed by atoms with E-state index >= 15 is 0 Å². The monoisotopic (exact) mass is 257 g/mol. The first kappa shape index (κ1) is 10.7. The van der Waals surface area contributed by atoms with Crippen LogP contribution in [-0.2, 0) is 4.74 Å². The quantitative estimate of drug-likeness (QED) is 0.464. The summed E-state index contributed by atoms with van der Waals surface area (Å²) in [4.78, 5) is 0. The molecule has 10 heavy (non-hydrogen) atoms. The molecule has 0 radical (unpaired) electrons. The summed E-state index contributed by atoms with van der Waals surface area (Å²) in [5.74, 6) is 0. The third kappa shape index (κ3) is 8.65. The summed E-state index contributed by atoms with van der Waals surface area (Å²) in [5, 5.41) is 0. The van der Waals surface area contributed by atoms with Crippen LogP contribution in [-0.4, -0.2) is 16.8 Å². The van der Waals surface area contributed by atoms with E-state index in [2.05, 4.69) is 36.4 Å². The summed E-state index contributed by atoms with van der Waals surface area (Å²) in [6, 6.07) is 0. The largest absolute Gasteiger partial charge is 0.365 e. The predicted molar refractivity (Wildman–Crippen MR) is 52.3 cm³/mol. The van der Waals surface area contributed by atoms with E-state index in [4.69, 9.17) is 10.5 Å². The van der Waals surface area contributed by atoms with Gasteiger partial charge in [0.25, 0.3) is 0 Å². The Balaban J connectivity index is 3.04. The smallest absolute Gasteiger partial charge is 0.113 e. The lowest BCUT2D eigenvalue weighted by molar-refractivity contribution is 0.0634. The number of nitrogens with two attached hydrogens (primary N) is 1. The molecule has 0 aromatic heterocycles. The number of hydrogen-bond donors (Lipinski definition) is 1. The lowest BCUT2D eigenvalue weighted by Crippen LogP contribution is -2.16. The molecule has 0 aromatic rings. The van der Waals surface area contributed by atoms with Gasteiger partial charge in [0.1, 0.15) is 3.61 Å². The van der Waals surface area contributed by atoms with Gasteiger partial charge in [-0.15, -0.1) is 0 Å². The first-order chi connectivity index (χ1) is 4.56. The van der Waals surface area contributed by atoms with Gasteiger partial charge < -0.3 is 10.5 Å². The topological polar surface area (TPSA) is 35.2 Å². The third-order valence-corrected chi connectivity index (χ3v) is 1.36. The number of hydrogen-bond acceptors (Lipinski definition) is 2. The molecule has 0 saturated heterocycles. The van der Waals surface area contributed by atoms with E-state index < -0.39 is 0 Å². The average molecular weight is 257 g/mol. The summed E-state index contributed by atoms with van der Waals surface area (Å²) in [6.07, 6.45) is 2.13. The summed E-state index contributed by atoms with van der Waals surface area (Å²) in [6.45, 7) is 5.70. The lowest BCUT2D eigenvalue weighted by atomic mass is 10.3. The summed E-state index contributed by atoms with van der Waals surface area (Å²) >= 11 is 2.27. The molecular weight excluding hydrogens is 241 g/mol. The Bertz CT molecular complexity index is 80.2. The molecule has 0 aliphatic rings. The van der Waals surface area contributed by atoms with Crippen molar-refractivity contribution in [3.63, 3.8) is 0 Å². The van der Waals surface area contributed by atoms with Crippen LogP contribution in [0, 0.1) is 0 Å². The molecule has 0 spiro atoms. The zero-order chi connectivity index (χ0) is 8.04. The molecule has 0 amide bonds. The van der Waals surface area contributed by atoms with E-state index in [0.29, 0.717) is 0 Å². The maximum atomic E-state index is 5.46. The number of ether oxygens (including phenoxy) is 1. The highest BCUT2D eigenvalue weighted by molar-refractivity contribution is 14.1. The molecule has 0 heterocycles. The Morgan fingerprint density at radius 3 is 2.40 bits per heavy atom. The molecule has 0 fully saturated rings. The average Bonchev–Trinajstić information content (AvgIpc) is 1.78. The zero-order valence-corrected chi connectivity index (χ0v) is 8.85. The molecule has 3 heteroatoms. The molecule has 0 atom stereocenters. The maximum absolute atomic E-state index is 5.46. The van der Waals surface area contributed by atoms with Crippen LogP contribution < -0.4 is 5.73 Å². The van der Waals surface area contributed by atoms with Gasteiger partial charge in [-0.3, -0.25) is 0 Å². The van der Waals surface area contributed by atoms with Crippen molar-refractivity contribution in [2.24, 2.45) is 5.73 Å². The van der Waals surface area contributed by atoms with Crippen LogP contribution >= 0.6 is 22.6 Å². The van der Waals surface area contributed by atoms with Crippen molar-refractivity contribution in [2.75, 3.05) is 13.2 Å². The van der Waals surface area contributed by atoms with E-state index in [9.17, 15) is 0 Å². The number of rotatable bonds is 5. The number of unbranched alkanes of at least 4 members (excludes halogenated alkanes) is 1. The van der Waals surface area contributed by atoms with Crippen LogP contribution in [0.2, 0.25) is 0 Å². The van der Waals surface area contributed by atoms with Crippen LogP contribution in [0.15, 0.2) is 0 Å². The fourth-order valence-corrected chi connectivity index (χ4v) is 0.781. The molecule has 0 aliphatic carbocycles. The second-order valence-corrected chi connectivity index (χ2v) is 5.31. The van der Waals surface area contributed by atoms with Gasteiger partial charge >= 0.3 is 0 Å². The Morgan fingerprint density at radius 1 is 1.40 bits per heavy atom. The van der Waals surface area contributed by atoms with Crippen molar-refractivity contribution in [3.8, 4) is 0 Å². The van der Waals surface area contributed by atoms with Gasteiger partial charge in [-0.2, -0.15) is 0 Å². The highest BCUT2D eigenvalue weighted by Crippen LogP contribution is 2.18. The van der Waals surface area contributed by atoms with Crippen molar-refractivity contribution in [2.45, 2.75) is 30.3 Å². The summed E-state index contributed by atoms with van der Waals surface area (Å²) in [7, 11) is 0. The molecule has 0 bridgehead atoms. The predicted octanol–water partition coefficient (Wildman–Crippen LogP) is 1.91. The van der Waals surface area contributed by atoms with Gasteiger partial charge in [0, 0.05) is 6.61 Å². The fourth-order valence-electron chi connectivity index (χ4n) is 0.561. The standard InChI is InChI=1S/C7H16INO/c1-7(2,8)10-6-4-3-5-9/h3-6,9H2,1-2H3. The molecule has 0 saturated carbocycles. The molecule has 0 unspecified atom stereocenters. The van der Waals surface area contributed by atoms with E-state index in [1.54, 1.807) is 0 Å². The molecule has 62 valence electrons. The second-order valence-electron chi connectivity index (χ2n) is 2.71. The Morgan fingerprint density at radius 2 is 2.00 bits per heavy atom. The Kier molecular flexibility index (Phi) is 5.67. The highest BCUT2D eigenvalue weighted by atomic mass is 127. The minimum Gasteiger partial charge on any atom is -0.365 e. The molecular formula is C7H16INO. The lowest BCUT2D eigenvalue weighted by Gasteiger charge is -2.16. The van der Waals surface area contributed by atoms with Crippen LogP contribution in [0.25, 0.3) is 0 Å². The van der Waals surface area contributed by atoms with Crippen molar-refractivity contribution >= 4 is 22.6 Å². The van der Waals surface area contributed by atoms with Gasteiger partial charge in [-0.25, -0.2) is 0 Å². The first-order valence-corrected chi connectivity index (χ1v) is 4.67. The first-order valence-electron chi connectivity index (χ1n) is 3.59. The van der Waals surface area contributed by atoms with Crippen LogP contribution in [0.3, 0.4) is 0 Å². The van der Waals surface area contributed by atoms with Gasteiger partial charge in [0.2, 0.25) is 0 Å². The van der Waals surface area contributed by atoms with Crippen molar-refractivity contribution in [3.05, 3.63) is 0 Å². The minimum atomic E-state index is -0.0215. The van der Waals surface area contributed by atoms with E-state index in [0.717, 1.165) is 26.0 Å². The number of alkyl halides is 1. The summed E-state index contributed by atoms with van der Waals surface area (Å²) < 4.78 is 5.44. The summed E-state index contributed by atoms with van der Waals surface area (Å²) in [5.41, 5.74) is 5.32. The normalized spacial score (nSPS) is 12.0. The van der Waals surface area contributed by atoms with Gasteiger partial charge in [-0.05, 0) is 55.8 Å². The Labute approximate surface area is 76.6 Å². The van der Waals surface area contributed by atoms with Crippen molar-refractivity contribution in [1.82, 2.24) is 0 Å². The van der Waals surface area contributed by atoms with Gasteiger partial charge in [0.05, 0.1) is 0 Å². The number of halogens is 1. The third-order valence-electron chi connectivity index (χ3n) is 1.04. The van der Waals surface area contributed by atoms with Gasteiger partial charge in [0.15, 0.2) is 0 Å². The SMILES string of the molecule is CC(C)(I)OCCCCN. The van der Waals surface area contributed by atoms with Crippen LogP contribution in [0.5, 0.6) is 0 Å². The Hall–Kier alpha value is 0.650. The van der Waals surface area contributed by atoms with Crippen LogP contribution in [0.1, 0.15) is 26.7 Å². The molecule has 0 rings (SSSR count). The van der Waals surface area contributed by atoms with Gasteiger partial charge in [-0.1, -0.05) is 0 Å². The van der Waals surface area contributed by atoms with Crippen LogP contribution in [0.4, 0.5) is 0 Å². The molecule has 0 aliphatic heterocycles. The van der Waals surface area contributed by atoms with E-state index in [-0.39, 0.29) is 3.61 Å². The molecule has 2 nitrogen and oxygen atoms in total. The van der Waals surface area contributed by atoms with E-state index in [1.807, 2.05) is 0 Å². The van der Waals surface area contributed by atoms with Crippen molar-refractivity contribution < 1.29 is 4.74 Å².